The molecule has 43 heavy (non-hydrogen) atoms. The SMILES string of the molecule is CN(C)Cc1ccnc(OC2CCC(N(C(=O)C3CCCCC3)c3cc(C#CC(C)(C)C(F)(F)F)sc3C(=O)O)CC2)c1. The zero-order valence-corrected chi connectivity index (χ0v) is 26.0. The third-order valence-electron chi connectivity index (χ3n) is 8.16. The topological polar surface area (TPSA) is 83.0 Å². The molecule has 1 amide bonds. The van der Waals surface area contributed by atoms with Gasteiger partial charge in [0.2, 0.25) is 11.8 Å². The standard InChI is InChI=1S/C32H40F3N3O4S/c1-31(2,32(33,34)35)16-14-25-19-26(28(43-25)30(40)41)38(29(39)22-8-6-5-7-9-22)23-10-12-24(13-11-23)42-27-18-21(15-17-36-27)20-37(3)4/h15,17-19,22-24H,5-13,20H2,1-4H3,(H,40,41). The van der Waals surface area contributed by atoms with E-state index in [1.807, 2.05) is 26.2 Å². The summed E-state index contributed by atoms with van der Waals surface area (Å²) in [4.78, 5) is 34.5. The number of aromatic nitrogens is 1. The number of rotatable bonds is 8. The van der Waals surface area contributed by atoms with Crippen molar-refractivity contribution in [3.05, 3.63) is 39.7 Å². The van der Waals surface area contributed by atoms with Crippen LogP contribution in [0.5, 0.6) is 5.88 Å². The number of amides is 1. The molecule has 2 saturated carbocycles. The Kier molecular flexibility index (Phi) is 10.4. The summed E-state index contributed by atoms with van der Waals surface area (Å²) in [5, 5.41) is 10.1. The predicted molar refractivity (Wildman–Crippen MR) is 160 cm³/mol. The van der Waals surface area contributed by atoms with Crippen molar-refractivity contribution in [2.24, 2.45) is 11.3 Å². The summed E-state index contributed by atoms with van der Waals surface area (Å²) in [5.41, 5.74) is -0.953. The van der Waals surface area contributed by atoms with Gasteiger partial charge in [0.15, 0.2) is 0 Å². The minimum atomic E-state index is -4.54. The zero-order valence-electron chi connectivity index (χ0n) is 25.2. The summed E-state index contributed by atoms with van der Waals surface area (Å²) in [7, 11) is 3.98. The number of hydrogen-bond donors (Lipinski definition) is 1. The van der Waals surface area contributed by atoms with Crippen LogP contribution in [0.15, 0.2) is 24.4 Å². The van der Waals surface area contributed by atoms with E-state index in [0.717, 1.165) is 69.4 Å². The van der Waals surface area contributed by atoms with Crippen LogP contribution in [0.1, 0.15) is 91.7 Å². The monoisotopic (exact) mass is 619 g/mol. The summed E-state index contributed by atoms with van der Waals surface area (Å²) in [6.07, 6.45) is 3.98. The number of carbonyl (C=O) groups is 2. The van der Waals surface area contributed by atoms with Crippen LogP contribution in [-0.2, 0) is 11.3 Å². The highest BCUT2D eigenvalue weighted by molar-refractivity contribution is 7.15. The molecule has 4 rings (SSSR count). The fourth-order valence-corrected chi connectivity index (χ4v) is 6.52. The summed E-state index contributed by atoms with van der Waals surface area (Å²) in [6.45, 7) is 2.73. The molecule has 11 heteroatoms. The number of nitrogens with zero attached hydrogens (tertiary/aromatic N) is 3. The second kappa shape index (κ2) is 13.7. The number of carboxylic acid groups (broad SMARTS) is 1. The van der Waals surface area contributed by atoms with Gasteiger partial charge in [-0.2, -0.15) is 13.2 Å². The van der Waals surface area contributed by atoms with Gasteiger partial charge in [0.1, 0.15) is 16.4 Å². The van der Waals surface area contributed by atoms with Crippen LogP contribution in [0.2, 0.25) is 0 Å². The second-order valence-corrected chi connectivity index (χ2v) is 13.4. The maximum Gasteiger partial charge on any atom is 0.404 e. The van der Waals surface area contributed by atoms with Gasteiger partial charge in [0, 0.05) is 30.8 Å². The van der Waals surface area contributed by atoms with Gasteiger partial charge in [-0.25, -0.2) is 9.78 Å². The Bertz CT molecular complexity index is 1350. The van der Waals surface area contributed by atoms with Gasteiger partial charge in [-0.15, -0.1) is 11.3 Å². The average molecular weight is 620 g/mol. The molecular weight excluding hydrogens is 579 g/mol. The van der Waals surface area contributed by atoms with E-state index in [-0.39, 0.29) is 39.4 Å². The molecule has 0 aliphatic heterocycles. The Hall–Kier alpha value is -3.10. The first-order valence-corrected chi connectivity index (χ1v) is 15.6. The quantitative estimate of drug-likeness (QED) is 0.316. The molecule has 0 radical (unpaired) electrons. The Labute approximate surface area is 255 Å². The fourth-order valence-electron chi connectivity index (χ4n) is 5.68. The van der Waals surface area contributed by atoms with E-state index in [4.69, 9.17) is 4.74 Å². The number of ether oxygens (including phenoxy) is 1. The van der Waals surface area contributed by atoms with E-state index in [2.05, 4.69) is 21.7 Å². The molecule has 2 heterocycles. The van der Waals surface area contributed by atoms with Gasteiger partial charge < -0.3 is 19.6 Å². The lowest BCUT2D eigenvalue weighted by atomic mass is 9.86. The maximum atomic E-state index is 14.0. The largest absolute Gasteiger partial charge is 0.477 e. The van der Waals surface area contributed by atoms with Crippen LogP contribution < -0.4 is 9.64 Å². The Morgan fingerprint density at radius 2 is 1.74 bits per heavy atom. The number of anilines is 1. The highest BCUT2D eigenvalue weighted by Gasteiger charge is 2.46. The van der Waals surface area contributed by atoms with Crippen LogP contribution in [0.25, 0.3) is 0 Å². The normalized spacial score (nSPS) is 19.9. The van der Waals surface area contributed by atoms with Gasteiger partial charge in [-0.3, -0.25) is 4.79 Å². The molecule has 0 unspecified atom stereocenters. The summed E-state index contributed by atoms with van der Waals surface area (Å²) in [6, 6.07) is 5.10. The number of hydrogen-bond acceptors (Lipinski definition) is 6. The van der Waals surface area contributed by atoms with Gasteiger partial charge in [0.05, 0.1) is 10.6 Å². The molecule has 2 aromatic heterocycles. The fraction of sp³-hybridized carbons (Fsp3) is 0.594. The number of carbonyl (C=O) groups excluding carboxylic acids is 1. The number of halogens is 3. The van der Waals surface area contributed by atoms with Crippen LogP contribution in [0.4, 0.5) is 18.9 Å². The lowest BCUT2D eigenvalue weighted by Crippen LogP contribution is -2.47. The molecule has 1 N–H and O–H groups in total. The van der Waals surface area contributed by atoms with Gasteiger partial charge in [-0.1, -0.05) is 31.1 Å². The van der Waals surface area contributed by atoms with Crippen molar-refractivity contribution < 1.29 is 32.6 Å². The van der Waals surface area contributed by atoms with Crippen molar-refractivity contribution in [3.8, 4) is 17.7 Å². The van der Waals surface area contributed by atoms with Crippen LogP contribution in [-0.4, -0.2) is 59.3 Å². The minimum Gasteiger partial charge on any atom is -0.477 e. The third-order valence-corrected chi connectivity index (χ3v) is 9.19. The van der Waals surface area contributed by atoms with Crippen molar-refractivity contribution in [3.63, 3.8) is 0 Å². The highest BCUT2D eigenvalue weighted by Crippen LogP contribution is 2.40. The number of carboxylic acids is 1. The molecule has 0 saturated heterocycles. The molecule has 2 aliphatic rings. The maximum absolute atomic E-state index is 14.0. The smallest absolute Gasteiger partial charge is 0.404 e. The number of pyridine rings is 1. The Morgan fingerprint density at radius 1 is 1.07 bits per heavy atom. The van der Waals surface area contributed by atoms with Crippen LogP contribution >= 0.6 is 11.3 Å². The van der Waals surface area contributed by atoms with Crippen molar-refractivity contribution in [2.75, 3.05) is 19.0 Å². The molecule has 0 spiro atoms. The average Bonchev–Trinajstić information content (AvgIpc) is 3.37. The van der Waals surface area contributed by atoms with Crippen molar-refractivity contribution in [2.45, 2.75) is 96.5 Å². The third kappa shape index (κ3) is 8.30. The van der Waals surface area contributed by atoms with E-state index in [1.165, 1.54) is 6.07 Å². The first kappa shape index (κ1) is 32.8. The molecule has 2 aliphatic carbocycles. The first-order valence-electron chi connectivity index (χ1n) is 14.8. The Morgan fingerprint density at radius 3 is 2.35 bits per heavy atom. The molecule has 0 bridgehead atoms. The highest BCUT2D eigenvalue weighted by atomic mass is 32.1. The van der Waals surface area contributed by atoms with Gasteiger partial charge in [-0.05, 0) is 84.2 Å². The lowest BCUT2D eigenvalue weighted by Gasteiger charge is -2.39. The molecule has 2 aromatic rings. The van der Waals surface area contributed by atoms with Crippen molar-refractivity contribution in [1.82, 2.24) is 9.88 Å². The molecule has 234 valence electrons. The van der Waals surface area contributed by atoms with E-state index >= 15 is 0 Å². The van der Waals surface area contributed by atoms with Crippen LogP contribution in [0, 0.1) is 23.2 Å². The first-order chi connectivity index (χ1) is 20.2. The summed E-state index contributed by atoms with van der Waals surface area (Å²) in [5.74, 6) is 3.80. The number of alkyl halides is 3. The predicted octanol–water partition coefficient (Wildman–Crippen LogP) is 7.15. The molecular formula is C32H40F3N3O4S. The van der Waals surface area contributed by atoms with Gasteiger partial charge in [0.25, 0.3) is 0 Å². The lowest BCUT2D eigenvalue weighted by molar-refractivity contribution is -0.190. The van der Waals surface area contributed by atoms with E-state index < -0.39 is 17.6 Å². The van der Waals surface area contributed by atoms with Crippen molar-refractivity contribution >= 4 is 28.9 Å². The summed E-state index contributed by atoms with van der Waals surface area (Å²) >= 11 is 0.812. The second-order valence-electron chi connectivity index (χ2n) is 12.3. The molecule has 0 aromatic carbocycles. The van der Waals surface area contributed by atoms with E-state index in [1.54, 1.807) is 11.1 Å². The van der Waals surface area contributed by atoms with E-state index in [0.29, 0.717) is 31.6 Å². The molecule has 0 atom stereocenters. The number of aromatic carboxylic acids is 1. The summed E-state index contributed by atoms with van der Waals surface area (Å²) < 4.78 is 46.4. The molecule has 2 fully saturated rings. The van der Waals surface area contributed by atoms with Gasteiger partial charge >= 0.3 is 12.1 Å². The minimum absolute atomic E-state index is 0.0847. The number of thiophene rings is 1. The van der Waals surface area contributed by atoms with E-state index in [9.17, 15) is 27.9 Å². The molecule has 7 nitrogen and oxygen atoms in total. The van der Waals surface area contributed by atoms with Crippen LogP contribution in [0.3, 0.4) is 0 Å². The Balaban J connectivity index is 1.59. The van der Waals surface area contributed by atoms with Crippen molar-refractivity contribution in [1.29, 1.82) is 0 Å². The zero-order chi connectivity index (χ0) is 31.4.